The molecule has 1 fully saturated rings. The number of halogens is 1. The summed E-state index contributed by atoms with van der Waals surface area (Å²) in [6.07, 6.45) is 0.917. The molecule has 0 aromatic heterocycles. The monoisotopic (exact) mass is 390 g/mol. The molecule has 0 N–H and O–H groups in total. The van der Waals surface area contributed by atoms with Crippen molar-refractivity contribution >= 4 is 40.1 Å². The molecule has 1 aliphatic heterocycles. The Morgan fingerprint density at radius 3 is 2.65 bits per heavy atom. The number of aliphatic imine (C=N–C) groups is 1. The maximum atomic E-state index is 12.6. The van der Waals surface area contributed by atoms with Gasteiger partial charge in [-0.1, -0.05) is 35.5 Å². The first kappa shape index (κ1) is 18.6. The van der Waals surface area contributed by atoms with Gasteiger partial charge in [0.2, 0.25) is 0 Å². The van der Waals surface area contributed by atoms with E-state index >= 15 is 0 Å². The van der Waals surface area contributed by atoms with E-state index in [1.807, 2.05) is 18.2 Å². The summed E-state index contributed by atoms with van der Waals surface area (Å²) in [6, 6.07) is 14.5. The largest absolute Gasteiger partial charge is 0.497 e. The van der Waals surface area contributed by atoms with Crippen LogP contribution in [0.2, 0.25) is 5.02 Å². The molecule has 136 valence electrons. The molecule has 5 nitrogen and oxygen atoms in total. The van der Waals surface area contributed by atoms with Crippen LogP contribution in [0.3, 0.4) is 0 Å². The minimum Gasteiger partial charge on any atom is -0.497 e. The topological polar surface area (TPSA) is 51.1 Å². The zero-order chi connectivity index (χ0) is 18.4. The van der Waals surface area contributed by atoms with Crippen molar-refractivity contribution in [1.82, 2.24) is 4.90 Å². The number of thioether (sulfide) groups is 1. The first-order valence-corrected chi connectivity index (χ1v) is 9.57. The molecule has 2 aromatic carbocycles. The number of ether oxygens (including phenoxy) is 2. The first-order chi connectivity index (χ1) is 12.7. The minimum absolute atomic E-state index is 0.0472. The molecule has 0 saturated carbocycles. The SMILES string of the molecule is COc1ccc(OCC(=O)N2CCCSC2=Nc2ccccc2Cl)cc1. The Morgan fingerprint density at radius 1 is 1.19 bits per heavy atom. The van der Waals surface area contributed by atoms with Crippen LogP contribution in [0.25, 0.3) is 0 Å². The van der Waals surface area contributed by atoms with E-state index in [0.717, 1.165) is 17.9 Å². The molecule has 2 aromatic rings. The summed E-state index contributed by atoms with van der Waals surface area (Å²) >= 11 is 7.74. The molecule has 0 spiro atoms. The number of hydrogen-bond donors (Lipinski definition) is 0. The number of amides is 1. The van der Waals surface area contributed by atoms with Crippen molar-refractivity contribution in [3.63, 3.8) is 0 Å². The highest BCUT2D eigenvalue weighted by molar-refractivity contribution is 8.13. The van der Waals surface area contributed by atoms with Gasteiger partial charge in [-0.3, -0.25) is 9.69 Å². The summed E-state index contributed by atoms with van der Waals surface area (Å²) in [5.41, 5.74) is 0.660. The van der Waals surface area contributed by atoms with Crippen LogP contribution < -0.4 is 9.47 Å². The second-order valence-electron chi connectivity index (χ2n) is 5.56. The quantitative estimate of drug-likeness (QED) is 0.760. The van der Waals surface area contributed by atoms with E-state index in [1.54, 1.807) is 54.1 Å². The average Bonchev–Trinajstić information content (AvgIpc) is 2.68. The van der Waals surface area contributed by atoms with E-state index < -0.39 is 0 Å². The highest BCUT2D eigenvalue weighted by Crippen LogP contribution is 2.28. The van der Waals surface area contributed by atoms with E-state index in [0.29, 0.717) is 28.2 Å². The highest BCUT2D eigenvalue weighted by atomic mass is 35.5. The molecule has 1 heterocycles. The molecule has 0 radical (unpaired) electrons. The van der Waals surface area contributed by atoms with Crippen LogP contribution in [0.15, 0.2) is 53.5 Å². The molecular formula is C19H19ClN2O3S. The Kier molecular flexibility index (Phi) is 6.41. The lowest BCUT2D eigenvalue weighted by atomic mass is 10.3. The van der Waals surface area contributed by atoms with Crippen LogP contribution in [0.5, 0.6) is 11.5 Å². The second kappa shape index (κ2) is 8.96. The molecule has 1 aliphatic rings. The van der Waals surface area contributed by atoms with Crippen molar-refractivity contribution < 1.29 is 14.3 Å². The lowest BCUT2D eigenvalue weighted by Gasteiger charge is -2.27. The predicted molar refractivity (Wildman–Crippen MR) is 106 cm³/mol. The summed E-state index contributed by atoms with van der Waals surface area (Å²) in [6.45, 7) is 0.579. The van der Waals surface area contributed by atoms with Crippen molar-refractivity contribution in [2.45, 2.75) is 6.42 Å². The summed E-state index contributed by atoms with van der Waals surface area (Å²) in [5, 5.41) is 1.22. The van der Waals surface area contributed by atoms with E-state index in [-0.39, 0.29) is 12.5 Å². The Balaban J connectivity index is 1.68. The molecule has 0 unspecified atom stereocenters. The summed E-state index contributed by atoms with van der Waals surface area (Å²) < 4.78 is 10.7. The van der Waals surface area contributed by atoms with Gasteiger partial charge in [-0.05, 0) is 42.8 Å². The molecule has 1 amide bonds. The molecule has 7 heteroatoms. The molecule has 0 aliphatic carbocycles. The fraction of sp³-hybridized carbons (Fsp3) is 0.263. The van der Waals surface area contributed by atoms with E-state index in [2.05, 4.69) is 4.99 Å². The third-order valence-corrected chi connectivity index (χ3v) is 5.16. The van der Waals surface area contributed by atoms with Gasteiger partial charge >= 0.3 is 0 Å². The number of hydrogen-bond acceptors (Lipinski definition) is 5. The zero-order valence-corrected chi connectivity index (χ0v) is 15.9. The van der Waals surface area contributed by atoms with E-state index in [4.69, 9.17) is 21.1 Å². The van der Waals surface area contributed by atoms with E-state index in [1.165, 1.54) is 0 Å². The number of para-hydroxylation sites is 1. The Labute approximate surface area is 162 Å². The van der Waals surface area contributed by atoms with Gasteiger partial charge in [0.1, 0.15) is 11.5 Å². The Morgan fingerprint density at radius 2 is 1.92 bits per heavy atom. The lowest BCUT2D eigenvalue weighted by Crippen LogP contribution is -2.41. The number of methoxy groups -OCH3 is 1. The van der Waals surface area contributed by atoms with Crippen molar-refractivity contribution in [3.05, 3.63) is 53.6 Å². The van der Waals surface area contributed by atoms with Gasteiger partial charge in [-0.25, -0.2) is 4.99 Å². The second-order valence-corrected chi connectivity index (χ2v) is 7.03. The summed E-state index contributed by atoms with van der Waals surface area (Å²) in [4.78, 5) is 18.9. The third kappa shape index (κ3) is 4.71. The highest BCUT2D eigenvalue weighted by Gasteiger charge is 2.24. The van der Waals surface area contributed by atoms with Gasteiger partial charge in [0, 0.05) is 12.3 Å². The Hall–Kier alpha value is -2.18. The minimum atomic E-state index is -0.126. The number of amidine groups is 1. The lowest BCUT2D eigenvalue weighted by molar-refractivity contribution is -0.129. The van der Waals surface area contributed by atoms with Crippen LogP contribution in [-0.4, -0.2) is 42.0 Å². The van der Waals surface area contributed by atoms with Gasteiger partial charge in [0.05, 0.1) is 17.8 Å². The Bertz CT molecular complexity index is 796. The molecule has 0 bridgehead atoms. The number of nitrogens with zero attached hydrogens (tertiary/aromatic N) is 2. The standard InChI is InChI=1S/C19H19ClN2O3S/c1-24-14-7-9-15(10-8-14)25-13-18(23)22-11-4-12-26-19(22)21-17-6-3-2-5-16(17)20/h2-3,5-10H,4,11-13H2,1H3. The summed E-state index contributed by atoms with van der Waals surface area (Å²) in [5.74, 6) is 2.16. The van der Waals surface area contributed by atoms with Crippen LogP contribution >= 0.6 is 23.4 Å². The van der Waals surface area contributed by atoms with Gasteiger partial charge in [0.25, 0.3) is 5.91 Å². The van der Waals surface area contributed by atoms with Crippen LogP contribution in [-0.2, 0) is 4.79 Å². The summed E-state index contributed by atoms with van der Waals surface area (Å²) in [7, 11) is 1.60. The van der Waals surface area contributed by atoms with Crippen LogP contribution in [0.1, 0.15) is 6.42 Å². The number of carbonyl (C=O) groups excluding carboxylic acids is 1. The zero-order valence-electron chi connectivity index (χ0n) is 14.4. The molecule has 1 saturated heterocycles. The van der Waals surface area contributed by atoms with Gasteiger partial charge in [-0.2, -0.15) is 0 Å². The molecule has 0 atom stereocenters. The fourth-order valence-electron chi connectivity index (χ4n) is 2.42. The van der Waals surface area contributed by atoms with Crippen molar-refractivity contribution in [2.24, 2.45) is 4.99 Å². The average molecular weight is 391 g/mol. The maximum Gasteiger partial charge on any atom is 0.266 e. The normalized spacial score (nSPS) is 15.8. The number of benzene rings is 2. The molecule has 3 rings (SSSR count). The van der Waals surface area contributed by atoms with Gasteiger partial charge < -0.3 is 9.47 Å². The predicted octanol–water partition coefficient (Wildman–Crippen LogP) is 4.38. The fourth-order valence-corrected chi connectivity index (χ4v) is 3.57. The smallest absolute Gasteiger partial charge is 0.266 e. The van der Waals surface area contributed by atoms with Gasteiger partial charge in [-0.15, -0.1) is 0 Å². The van der Waals surface area contributed by atoms with Crippen LogP contribution in [0.4, 0.5) is 5.69 Å². The van der Waals surface area contributed by atoms with Crippen molar-refractivity contribution in [2.75, 3.05) is 26.0 Å². The maximum absolute atomic E-state index is 12.6. The van der Waals surface area contributed by atoms with Crippen LogP contribution in [0, 0.1) is 0 Å². The van der Waals surface area contributed by atoms with Crippen molar-refractivity contribution in [1.29, 1.82) is 0 Å². The van der Waals surface area contributed by atoms with Crippen molar-refractivity contribution in [3.8, 4) is 11.5 Å². The third-order valence-electron chi connectivity index (χ3n) is 3.78. The molecule has 26 heavy (non-hydrogen) atoms. The van der Waals surface area contributed by atoms with E-state index in [9.17, 15) is 4.79 Å². The number of carbonyl (C=O) groups is 1. The number of rotatable bonds is 5. The first-order valence-electron chi connectivity index (χ1n) is 8.20. The molecular weight excluding hydrogens is 372 g/mol. The van der Waals surface area contributed by atoms with Gasteiger partial charge in [0.15, 0.2) is 11.8 Å².